The summed E-state index contributed by atoms with van der Waals surface area (Å²) in [4.78, 5) is 0. The third-order valence-electron chi connectivity index (χ3n) is 3.31. The van der Waals surface area contributed by atoms with Crippen molar-refractivity contribution in [2.75, 3.05) is 5.73 Å². The summed E-state index contributed by atoms with van der Waals surface area (Å²) in [5, 5.41) is 10.3. The zero-order chi connectivity index (χ0) is 16.2. The van der Waals surface area contributed by atoms with Crippen molar-refractivity contribution in [2.24, 2.45) is 0 Å². The standard InChI is InChI=1S/C16H14Cl2N4S/c17-13-7-5-11(6-8-13)9-22-15(19)20-21-16(22)23-10-12-3-1-2-4-14(12)18/h1-8H,9-10H2,(H2,19,20). The van der Waals surface area contributed by atoms with E-state index in [2.05, 4.69) is 10.2 Å². The van der Waals surface area contributed by atoms with E-state index in [9.17, 15) is 0 Å². The van der Waals surface area contributed by atoms with Crippen molar-refractivity contribution in [1.29, 1.82) is 0 Å². The number of hydrogen-bond donors (Lipinski definition) is 1. The van der Waals surface area contributed by atoms with Crippen molar-refractivity contribution < 1.29 is 0 Å². The average molecular weight is 365 g/mol. The van der Waals surface area contributed by atoms with Crippen LogP contribution in [0.15, 0.2) is 53.7 Å². The third-order valence-corrected chi connectivity index (χ3v) is 4.95. The van der Waals surface area contributed by atoms with Gasteiger partial charge in [0.1, 0.15) is 0 Å². The minimum atomic E-state index is 0.390. The van der Waals surface area contributed by atoms with Gasteiger partial charge in [0.15, 0.2) is 5.16 Å². The van der Waals surface area contributed by atoms with E-state index in [1.807, 2.05) is 53.1 Å². The summed E-state index contributed by atoms with van der Waals surface area (Å²) in [5.74, 6) is 1.10. The SMILES string of the molecule is Nc1nnc(SCc2ccccc2Cl)n1Cc1ccc(Cl)cc1. The van der Waals surface area contributed by atoms with E-state index in [-0.39, 0.29) is 0 Å². The van der Waals surface area contributed by atoms with E-state index in [4.69, 9.17) is 28.9 Å². The molecule has 0 radical (unpaired) electrons. The highest BCUT2D eigenvalue weighted by Gasteiger charge is 2.11. The summed E-state index contributed by atoms with van der Waals surface area (Å²) in [6.07, 6.45) is 0. The van der Waals surface area contributed by atoms with Crippen LogP contribution in [0, 0.1) is 0 Å². The van der Waals surface area contributed by atoms with Crippen LogP contribution in [0.25, 0.3) is 0 Å². The van der Waals surface area contributed by atoms with Crippen molar-refractivity contribution in [3.05, 3.63) is 69.7 Å². The Morgan fingerprint density at radius 1 is 1.00 bits per heavy atom. The second-order valence-corrected chi connectivity index (χ2v) is 6.72. The van der Waals surface area contributed by atoms with Gasteiger partial charge in [-0.05, 0) is 29.3 Å². The van der Waals surface area contributed by atoms with Crippen LogP contribution in [0.1, 0.15) is 11.1 Å². The molecule has 118 valence electrons. The van der Waals surface area contributed by atoms with Crippen molar-refractivity contribution in [3.8, 4) is 0 Å². The second-order valence-electron chi connectivity index (χ2n) is 4.93. The van der Waals surface area contributed by atoms with Crippen LogP contribution in [0.3, 0.4) is 0 Å². The topological polar surface area (TPSA) is 56.7 Å². The normalized spacial score (nSPS) is 10.9. The van der Waals surface area contributed by atoms with Gasteiger partial charge >= 0.3 is 0 Å². The van der Waals surface area contributed by atoms with Gasteiger partial charge in [0.25, 0.3) is 0 Å². The summed E-state index contributed by atoms with van der Waals surface area (Å²) < 4.78 is 1.88. The molecule has 0 amide bonds. The summed E-state index contributed by atoms with van der Waals surface area (Å²) in [7, 11) is 0. The number of thioether (sulfide) groups is 1. The van der Waals surface area contributed by atoms with Crippen LogP contribution in [0.4, 0.5) is 5.95 Å². The summed E-state index contributed by atoms with van der Waals surface area (Å²) in [6.45, 7) is 0.598. The van der Waals surface area contributed by atoms with Crippen LogP contribution in [0.5, 0.6) is 0 Å². The second kappa shape index (κ2) is 7.25. The largest absolute Gasteiger partial charge is 0.368 e. The van der Waals surface area contributed by atoms with Gasteiger partial charge in [-0.2, -0.15) is 0 Å². The van der Waals surface area contributed by atoms with Crippen LogP contribution >= 0.6 is 35.0 Å². The highest BCUT2D eigenvalue weighted by Crippen LogP contribution is 2.27. The lowest BCUT2D eigenvalue weighted by atomic mass is 10.2. The Morgan fingerprint density at radius 2 is 1.74 bits per heavy atom. The molecular formula is C16H14Cl2N4S. The van der Waals surface area contributed by atoms with Gasteiger partial charge in [-0.25, -0.2) is 0 Å². The quantitative estimate of drug-likeness (QED) is 0.676. The summed E-state index contributed by atoms with van der Waals surface area (Å²) >= 11 is 13.7. The first-order chi connectivity index (χ1) is 11.1. The fourth-order valence-electron chi connectivity index (χ4n) is 2.09. The smallest absolute Gasteiger partial charge is 0.223 e. The number of aromatic nitrogens is 3. The zero-order valence-electron chi connectivity index (χ0n) is 12.1. The number of anilines is 1. The van der Waals surface area contributed by atoms with Crippen LogP contribution in [-0.4, -0.2) is 14.8 Å². The lowest BCUT2D eigenvalue weighted by molar-refractivity contribution is 0.717. The molecule has 4 nitrogen and oxygen atoms in total. The van der Waals surface area contributed by atoms with Crippen molar-refractivity contribution in [2.45, 2.75) is 17.5 Å². The van der Waals surface area contributed by atoms with Gasteiger partial charge in [0.2, 0.25) is 5.95 Å². The number of hydrogen-bond acceptors (Lipinski definition) is 4. The lowest BCUT2D eigenvalue weighted by Crippen LogP contribution is -2.06. The maximum atomic E-state index is 6.19. The van der Waals surface area contributed by atoms with E-state index >= 15 is 0 Å². The number of halogens is 2. The highest BCUT2D eigenvalue weighted by atomic mass is 35.5. The van der Waals surface area contributed by atoms with Gasteiger partial charge in [0.05, 0.1) is 6.54 Å². The predicted molar refractivity (Wildman–Crippen MR) is 96.0 cm³/mol. The first-order valence-corrected chi connectivity index (χ1v) is 8.67. The molecule has 0 saturated heterocycles. The van der Waals surface area contributed by atoms with Crippen LogP contribution in [0.2, 0.25) is 10.0 Å². The Bertz CT molecular complexity index is 802. The van der Waals surface area contributed by atoms with E-state index in [0.29, 0.717) is 23.3 Å². The molecule has 0 spiro atoms. The molecule has 3 rings (SSSR count). The van der Waals surface area contributed by atoms with E-state index < -0.39 is 0 Å². The van der Waals surface area contributed by atoms with Crippen molar-refractivity contribution in [1.82, 2.24) is 14.8 Å². The highest BCUT2D eigenvalue weighted by molar-refractivity contribution is 7.98. The van der Waals surface area contributed by atoms with Crippen molar-refractivity contribution in [3.63, 3.8) is 0 Å². The molecule has 3 aromatic rings. The molecule has 0 unspecified atom stereocenters. The van der Waals surface area contributed by atoms with Gasteiger partial charge < -0.3 is 5.73 Å². The van der Waals surface area contributed by atoms with E-state index in [1.54, 1.807) is 11.8 Å². The maximum Gasteiger partial charge on any atom is 0.223 e. The van der Waals surface area contributed by atoms with Crippen molar-refractivity contribution >= 4 is 40.9 Å². The molecule has 23 heavy (non-hydrogen) atoms. The van der Waals surface area contributed by atoms with Crippen LogP contribution in [-0.2, 0) is 12.3 Å². The third kappa shape index (κ3) is 3.99. The number of rotatable bonds is 5. The minimum absolute atomic E-state index is 0.390. The van der Waals surface area contributed by atoms with Gasteiger partial charge in [-0.3, -0.25) is 4.57 Å². The monoisotopic (exact) mass is 364 g/mol. The van der Waals surface area contributed by atoms with E-state index in [0.717, 1.165) is 21.3 Å². The molecule has 0 saturated carbocycles. The summed E-state index contributed by atoms with van der Waals surface area (Å²) in [5.41, 5.74) is 8.08. The Morgan fingerprint density at radius 3 is 2.48 bits per heavy atom. The molecule has 2 N–H and O–H groups in total. The molecule has 0 bridgehead atoms. The Hall–Kier alpha value is -1.69. The number of nitrogens with two attached hydrogens (primary N) is 1. The fraction of sp³-hybridized carbons (Fsp3) is 0.125. The Labute approximate surface area is 148 Å². The first kappa shape index (κ1) is 16.2. The van der Waals surface area contributed by atoms with Gasteiger partial charge in [0, 0.05) is 15.8 Å². The molecule has 0 atom stereocenters. The van der Waals surface area contributed by atoms with Crippen LogP contribution < -0.4 is 5.73 Å². The predicted octanol–water partition coefficient (Wildman–Crippen LogP) is 4.51. The maximum absolute atomic E-state index is 6.19. The summed E-state index contributed by atoms with van der Waals surface area (Å²) in [6, 6.07) is 15.4. The number of nitrogens with zero attached hydrogens (tertiary/aromatic N) is 3. The first-order valence-electron chi connectivity index (χ1n) is 6.93. The van der Waals surface area contributed by atoms with E-state index in [1.165, 1.54) is 0 Å². The molecule has 1 heterocycles. The number of nitrogen functional groups attached to an aromatic ring is 1. The van der Waals surface area contributed by atoms with Gasteiger partial charge in [-0.1, -0.05) is 65.3 Å². The number of benzene rings is 2. The molecule has 0 aliphatic heterocycles. The fourth-order valence-corrected chi connectivity index (χ4v) is 3.44. The lowest BCUT2D eigenvalue weighted by Gasteiger charge is -2.09. The molecule has 0 aliphatic rings. The molecule has 0 fully saturated rings. The Balaban J connectivity index is 1.76. The minimum Gasteiger partial charge on any atom is -0.368 e. The van der Waals surface area contributed by atoms with Gasteiger partial charge in [-0.15, -0.1) is 10.2 Å². The molecule has 0 aliphatic carbocycles. The molecular weight excluding hydrogens is 351 g/mol. The molecule has 1 aromatic heterocycles. The molecule has 2 aromatic carbocycles. The average Bonchev–Trinajstić information content (AvgIpc) is 2.89. The molecule has 7 heteroatoms. The zero-order valence-corrected chi connectivity index (χ0v) is 14.4. The Kier molecular flexibility index (Phi) is 5.10.